The lowest BCUT2D eigenvalue weighted by Gasteiger charge is -2.14. The van der Waals surface area contributed by atoms with E-state index in [-0.39, 0.29) is 17.2 Å². The van der Waals surface area contributed by atoms with Crippen LogP contribution in [0.3, 0.4) is 0 Å². The highest BCUT2D eigenvalue weighted by Crippen LogP contribution is 2.24. The first-order valence-electron chi connectivity index (χ1n) is 9.39. The number of fused-ring (bicyclic) bond motifs is 1. The fourth-order valence-electron chi connectivity index (χ4n) is 3.08. The number of amides is 1. The summed E-state index contributed by atoms with van der Waals surface area (Å²) in [5.74, 6) is 0.532. The van der Waals surface area contributed by atoms with Gasteiger partial charge in [-0.25, -0.2) is 4.98 Å². The van der Waals surface area contributed by atoms with E-state index in [1.165, 1.54) is 16.3 Å². The molecule has 1 heterocycles. The minimum Gasteiger partial charge on any atom is -0.497 e. The van der Waals surface area contributed by atoms with Crippen LogP contribution < -0.4 is 15.6 Å². The van der Waals surface area contributed by atoms with E-state index >= 15 is 0 Å². The van der Waals surface area contributed by atoms with Crippen LogP contribution in [0.25, 0.3) is 16.6 Å². The SMILES string of the molecule is COc1cccc(-n2c(SCC(=O)Nc3cccc(Br)c3)nc3ccccc3c2=O)c1. The van der Waals surface area contributed by atoms with E-state index in [4.69, 9.17) is 4.74 Å². The van der Waals surface area contributed by atoms with Gasteiger partial charge in [0, 0.05) is 16.2 Å². The number of ether oxygens (including phenoxy) is 1. The van der Waals surface area contributed by atoms with E-state index < -0.39 is 0 Å². The fraction of sp³-hybridized carbons (Fsp3) is 0.0870. The largest absolute Gasteiger partial charge is 0.497 e. The molecule has 0 atom stereocenters. The van der Waals surface area contributed by atoms with Crippen molar-refractivity contribution in [2.45, 2.75) is 5.16 Å². The van der Waals surface area contributed by atoms with Gasteiger partial charge in [0.1, 0.15) is 5.75 Å². The number of anilines is 1. The Hall–Kier alpha value is -3.10. The summed E-state index contributed by atoms with van der Waals surface area (Å²) in [7, 11) is 1.57. The quantitative estimate of drug-likeness (QED) is 0.304. The Balaban J connectivity index is 1.69. The molecule has 8 heteroatoms. The summed E-state index contributed by atoms with van der Waals surface area (Å²) in [5, 5.41) is 3.80. The molecule has 31 heavy (non-hydrogen) atoms. The third-order valence-electron chi connectivity index (χ3n) is 4.50. The van der Waals surface area contributed by atoms with Crippen molar-refractivity contribution in [1.29, 1.82) is 0 Å². The number of carbonyl (C=O) groups excluding carboxylic acids is 1. The molecule has 0 aliphatic carbocycles. The molecule has 0 unspecified atom stereocenters. The molecule has 156 valence electrons. The molecule has 0 saturated heterocycles. The molecule has 1 N–H and O–H groups in total. The van der Waals surface area contributed by atoms with E-state index in [0.29, 0.717) is 33.2 Å². The lowest BCUT2D eigenvalue weighted by atomic mass is 10.2. The molecule has 0 spiro atoms. The van der Waals surface area contributed by atoms with Crippen molar-refractivity contribution in [3.63, 3.8) is 0 Å². The second kappa shape index (κ2) is 9.36. The first-order chi connectivity index (χ1) is 15.0. The molecule has 3 aromatic carbocycles. The molecule has 0 bridgehead atoms. The van der Waals surface area contributed by atoms with E-state index in [9.17, 15) is 9.59 Å². The maximum atomic E-state index is 13.3. The van der Waals surface area contributed by atoms with Crippen LogP contribution in [-0.4, -0.2) is 28.3 Å². The van der Waals surface area contributed by atoms with Gasteiger partial charge in [-0.1, -0.05) is 52.0 Å². The highest BCUT2D eigenvalue weighted by Gasteiger charge is 2.15. The number of carbonyl (C=O) groups is 1. The maximum Gasteiger partial charge on any atom is 0.266 e. The Morgan fingerprint density at radius 1 is 1.10 bits per heavy atom. The van der Waals surface area contributed by atoms with Gasteiger partial charge in [-0.15, -0.1) is 0 Å². The summed E-state index contributed by atoms with van der Waals surface area (Å²) in [5.41, 5.74) is 1.70. The molecule has 6 nitrogen and oxygen atoms in total. The van der Waals surface area contributed by atoms with E-state index in [1.807, 2.05) is 42.5 Å². The summed E-state index contributed by atoms with van der Waals surface area (Å²) >= 11 is 4.59. The van der Waals surface area contributed by atoms with Gasteiger partial charge in [-0.3, -0.25) is 14.2 Å². The third kappa shape index (κ3) is 4.81. The summed E-state index contributed by atoms with van der Waals surface area (Å²) in [6.45, 7) is 0. The van der Waals surface area contributed by atoms with E-state index in [0.717, 1.165) is 4.47 Å². The van der Waals surface area contributed by atoms with Gasteiger partial charge >= 0.3 is 0 Å². The van der Waals surface area contributed by atoms with Crippen LogP contribution in [0.5, 0.6) is 5.75 Å². The van der Waals surface area contributed by atoms with Crippen LogP contribution in [0, 0.1) is 0 Å². The van der Waals surface area contributed by atoms with Crippen molar-refractivity contribution in [1.82, 2.24) is 9.55 Å². The van der Waals surface area contributed by atoms with Crippen LogP contribution >= 0.6 is 27.7 Å². The normalized spacial score (nSPS) is 10.8. The number of methoxy groups -OCH3 is 1. The zero-order chi connectivity index (χ0) is 21.8. The summed E-state index contributed by atoms with van der Waals surface area (Å²) in [6, 6.07) is 21.7. The number of halogens is 1. The van der Waals surface area contributed by atoms with Crippen molar-refractivity contribution in [2.75, 3.05) is 18.2 Å². The summed E-state index contributed by atoms with van der Waals surface area (Å²) in [4.78, 5) is 30.5. The lowest BCUT2D eigenvalue weighted by molar-refractivity contribution is -0.113. The predicted molar refractivity (Wildman–Crippen MR) is 127 cm³/mol. The molecule has 1 aromatic heterocycles. The number of nitrogens with one attached hydrogen (secondary N) is 1. The van der Waals surface area contributed by atoms with Gasteiger partial charge in [0.25, 0.3) is 5.56 Å². The van der Waals surface area contributed by atoms with Gasteiger partial charge in [-0.2, -0.15) is 0 Å². The van der Waals surface area contributed by atoms with Gasteiger partial charge in [0.15, 0.2) is 5.16 Å². The summed E-state index contributed by atoms with van der Waals surface area (Å²) < 4.78 is 7.70. The molecule has 0 saturated carbocycles. The first-order valence-corrected chi connectivity index (χ1v) is 11.2. The molecule has 1 amide bonds. The van der Waals surface area contributed by atoms with Gasteiger partial charge in [0.05, 0.1) is 29.5 Å². The Bertz CT molecular complexity index is 1320. The molecule has 4 rings (SSSR count). The van der Waals surface area contributed by atoms with Gasteiger partial charge < -0.3 is 10.1 Å². The molecule has 4 aromatic rings. The van der Waals surface area contributed by atoms with Crippen molar-refractivity contribution < 1.29 is 9.53 Å². The van der Waals surface area contributed by atoms with E-state index in [2.05, 4.69) is 26.2 Å². The highest BCUT2D eigenvalue weighted by atomic mass is 79.9. The minimum absolute atomic E-state index is 0.0985. The van der Waals surface area contributed by atoms with Gasteiger partial charge in [0.2, 0.25) is 5.91 Å². The lowest BCUT2D eigenvalue weighted by Crippen LogP contribution is -2.23. The zero-order valence-electron chi connectivity index (χ0n) is 16.5. The number of benzene rings is 3. The number of hydrogen-bond acceptors (Lipinski definition) is 5. The Morgan fingerprint density at radius 2 is 1.90 bits per heavy atom. The molecule has 0 aliphatic heterocycles. The van der Waals surface area contributed by atoms with Crippen molar-refractivity contribution in [2.24, 2.45) is 0 Å². The Kier molecular flexibility index (Phi) is 6.39. The molecule has 0 aliphatic rings. The number of thioether (sulfide) groups is 1. The first kappa shape index (κ1) is 21.1. The Labute approximate surface area is 191 Å². The van der Waals surface area contributed by atoms with Crippen molar-refractivity contribution >= 4 is 50.2 Å². The number of nitrogens with zero attached hydrogens (tertiary/aromatic N) is 2. The fourth-order valence-corrected chi connectivity index (χ4v) is 4.29. The van der Waals surface area contributed by atoms with E-state index in [1.54, 1.807) is 37.4 Å². The molecular weight excluding hydrogens is 478 g/mol. The average Bonchev–Trinajstić information content (AvgIpc) is 2.78. The van der Waals surface area contributed by atoms with Crippen LogP contribution in [0.15, 0.2) is 87.2 Å². The maximum absolute atomic E-state index is 13.3. The summed E-state index contributed by atoms with van der Waals surface area (Å²) in [6.07, 6.45) is 0. The monoisotopic (exact) mass is 495 g/mol. The topological polar surface area (TPSA) is 73.2 Å². The number of hydrogen-bond donors (Lipinski definition) is 1. The minimum atomic E-state index is -0.200. The second-order valence-corrected chi connectivity index (χ2v) is 8.46. The van der Waals surface area contributed by atoms with Crippen LogP contribution in [-0.2, 0) is 4.79 Å². The standard InChI is InChI=1S/C23H18BrN3O3S/c1-30-18-9-5-8-17(13-18)27-22(29)19-10-2-3-11-20(19)26-23(27)31-14-21(28)25-16-7-4-6-15(24)12-16/h2-13H,14H2,1H3,(H,25,28). The van der Waals surface area contributed by atoms with Crippen molar-refractivity contribution in [3.05, 3.63) is 87.6 Å². The zero-order valence-corrected chi connectivity index (χ0v) is 18.9. The molecule has 0 fully saturated rings. The van der Waals surface area contributed by atoms with Crippen LogP contribution in [0.1, 0.15) is 0 Å². The van der Waals surface area contributed by atoms with Crippen LogP contribution in [0.2, 0.25) is 0 Å². The number of aromatic nitrogens is 2. The molecular formula is C23H18BrN3O3S. The Morgan fingerprint density at radius 3 is 2.71 bits per heavy atom. The molecule has 0 radical (unpaired) electrons. The van der Waals surface area contributed by atoms with Crippen LogP contribution in [0.4, 0.5) is 5.69 Å². The second-order valence-electron chi connectivity index (χ2n) is 6.60. The van der Waals surface area contributed by atoms with Gasteiger partial charge in [-0.05, 0) is 42.5 Å². The smallest absolute Gasteiger partial charge is 0.266 e. The highest BCUT2D eigenvalue weighted by molar-refractivity contribution is 9.10. The average molecular weight is 496 g/mol. The third-order valence-corrected chi connectivity index (χ3v) is 5.93. The number of para-hydroxylation sites is 1. The predicted octanol–water partition coefficient (Wildman–Crippen LogP) is 4.89. The number of rotatable bonds is 6. The van der Waals surface area contributed by atoms with Crippen molar-refractivity contribution in [3.8, 4) is 11.4 Å².